The molecule has 0 spiro atoms. The van der Waals surface area contributed by atoms with Crippen LogP contribution in [-0.2, 0) is 16.1 Å². The molecule has 3 rings (SSSR count). The lowest BCUT2D eigenvalue weighted by Gasteiger charge is -2.44. The van der Waals surface area contributed by atoms with Crippen LogP contribution in [0.1, 0.15) is 26.3 Å². The maximum absolute atomic E-state index is 13.2. The number of ether oxygens (including phenoxy) is 1. The van der Waals surface area contributed by atoms with Crippen molar-refractivity contribution in [1.82, 2.24) is 9.80 Å². The van der Waals surface area contributed by atoms with Gasteiger partial charge >= 0.3 is 0 Å². The smallest absolute Gasteiger partial charge is 0.260 e. The van der Waals surface area contributed by atoms with Crippen LogP contribution in [0.25, 0.3) is 0 Å². The Hall–Kier alpha value is -2.68. The number of rotatable bonds is 7. The Morgan fingerprint density at radius 1 is 1.18 bits per heavy atom. The summed E-state index contributed by atoms with van der Waals surface area (Å²) < 4.78 is 18.9. The number of halogens is 2. The largest absolute Gasteiger partial charge is 0.482 e. The molecule has 2 aromatic carbocycles. The quantitative estimate of drug-likeness (QED) is 0.640. The highest BCUT2D eigenvalue weighted by atomic mass is 35.5. The molecule has 1 heterocycles. The van der Waals surface area contributed by atoms with E-state index >= 15 is 0 Å². The van der Waals surface area contributed by atoms with Gasteiger partial charge in [-0.05, 0) is 56.7 Å². The van der Waals surface area contributed by atoms with Crippen molar-refractivity contribution in [2.75, 3.05) is 25.0 Å². The first-order valence-electron chi connectivity index (χ1n) is 10.9. The zero-order valence-electron chi connectivity index (χ0n) is 19.1. The van der Waals surface area contributed by atoms with Crippen LogP contribution in [0.3, 0.4) is 0 Å². The molecule has 3 atom stereocenters. The monoisotopic (exact) mass is 476 g/mol. The van der Waals surface area contributed by atoms with Gasteiger partial charge in [0.1, 0.15) is 11.6 Å². The van der Waals surface area contributed by atoms with E-state index in [1.54, 1.807) is 37.3 Å². The molecule has 1 saturated heterocycles. The highest BCUT2D eigenvalue weighted by Gasteiger charge is 2.32. The van der Waals surface area contributed by atoms with Crippen molar-refractivity contribution in [3.8, 4) is 5.75 Å². The van der Waals surface area contributed by atoms with Crippen LogP contribution >= 0.6 is 11.6 Å². The molecule has 2 amide bonds. The number of amides is 2. The van der Waals surface area contributed by atoms with E-state index in [-0.39, 0.29) is 36.3 Å². The second-order valence-corrected chi connectivity index (χ2v) is 8.94. The topological polar surface area (TPSA) is 87.9 Å². The van der Waals surface area contributed by atoms with Crippen LogP contribution in [0, 0.1) is 5.82 Å². The van der Waals surface area contributed by atoms with Gasteiger partial charge in [0, 0.05) is 36.7 Å². The molecule has 3 N–H and O–H groups in total. The van der Waals surface area contributed by atoms with Crippen LogP contribution in [0.5, 0.6) is 5.75 Å². The number of nitrogens with zero attached hydrogens (tertiary/aromatic N) is 2. The van der Waals surface area contributed by atoms with Crippen molar-refractivity contribution >= 4 is 29.1 Å². The Bertz CT molecular complexity index is 986. The standard InChI is InChI=1S/C24H30ClFN4O3/c1-15-12-30(16(2)11-29(15)13-18-4-7-20(26)8-5-18)23(31)14-33-22-9-6-19(25)10-21(22)28-24(32)17(3)27/h4-10,15-17H,11-14,27H2,1-3H3,(H,28,32)/t15-,16+,17-/m0/s1. The van der Waals surface area contributed by atoms with E-state index in [0.29, 0.717) is 36.1 Å². The Balaban J connectivity index is 1.60. The Morgan fingerprint density at radius 2 is 1.88 bits per heavy atom. The maximum Gasteiger partial charge on any atom is 0.260 e. The van der Waals surface area contributed by atoms with Gasteiger partial charge in [0.05, 0.1) is 11.7 Å². The summed E-state index contributed by atoms with van der Waals surface area (Å²) in [5.74, 6) is -0.433. The van der Waals surface area contributed by atoms with E-state index in [2.05, 4.69) is 17.1 Å². The molecule has 1 aliphatic rings. The molecule has 0 saturated carbocycles. The summed E-state index contributed by atoms with van der Waals surface area (Å²) in [6, 6.07) is 10.7. The molecule has 1 fully saturated rings. The van der Waals surface area contributed by atoms with Crippen molar-refractivity contribution in [3.05, 3.63) is 58.9 Å². The molecule has 9 heteroatoms. The molecule has 33 heavy (non-hydrogen) atoms. The van der Waals surface area contributed by atoms with Gasteiger partial charge in [-0.15, -0.1) is 0 Å². The fourth-order valence-electron chi connectivity index (χ4n) is 3.79. The third kappa shape index (κ3) is 6.66. The first-order chi connectivity index (χ1) is 15.6. The highest BCUT2D eigenvalue weighted by molar-refractivity contribution is 6.31. The van der Waals surface area contributed by atoms with Gasteiger partial charge in [0.25, 0.3) is 5.91 Å². The molecule has 0 aromatic heterocycles. The predicted octanol–water partition coefficient (Wildman–Crippen LogP) is 3.27. The Kier molecular flexibility index (Phi) is 8.29. The van der Waals surface area contributed by atoms with Crippen LogP contribution in [-0.4, -0.2) is 59.4 Å². The van der Waals surface area contributed by atoms with Crippen LogP contribution in [0.2, 0.25) is 5.02 Å². The molecule has 7 nitrogen and oxygen atoms in total. The average Bonchev–Trinajstić information content (AvgIpc) is 2.76. The number of hydrogen-bond donors (Lipinski definition) is 2. The van der Waals surface area contributed by atoms with Gasteiger partial charge in [-0.2, -0.15) is 0 Å². The number of carbonyl (C=O) groups excluding carboxylic acids is 2. The zero-order valence-corrected chi connectivity index (χ0v) is 19.8. The molecule has 2 aromatic rings. The van der Waals surface area contributed by atoms with E-state index in [9.17, 15) is 14.0 Å². The lowest BCUT2D eigenvalue weighted by atomic mass is 10.1. The first kappa shape index (κ1) is 25.0. The highest BCUT2D eigenvalue weighted by Crippen LogP contribution is 2.28. The van der Waals surface area contributed by atoms with Gasteiger partial charge in [-0.25, -0.2) is 4.39 Å². The summed E-state index contributed by atoms with van der Waals surface area (Å²) in [7, 11) is 0. The zero-order chi connectivity index (χ0) is 24.1. The molecular weight excluding hydrogens is 447 g/mol. The minimum atomic E-state index is -0.702. The van der Waals surface area contributed by atoms with Crippen molar-refractivity contribution in [3.63, 3.8) is 0 Å². The first-order valence-corrected chi connectivity index (χ1v) is 11.3. The van der Waals surface area contributed by atoms with Crippen molar-refractivity contribution in [2.24, 2.45) is 5.73 Å². The normalized spacial score (nSPS) is 19.8. The molecule has 0 bridgehead atoms. The van der Waals surface area contributed by atoms with E-state index in [0.717, 1.165) is 5.56 Å². The molecule has 178 valence electrons. The van der Waals surface area contributed by atoms with Crippen LogP contribution in [0.4, 0.5) is 10.1 Å². The second kappa shape index (κ2) is 11.0. The minimum absolute atomic E-state index is 0.0137. The van der Waals surface area contributed by atoms with E-state index in [1.807, 2.05) is 11.8 Å². The van der Waals surface area contributed by atoms with Gasteiger partial charge in [-0.3, -0.25) is 14.5 Å². The Labute approximate surface area is 198 Å². The maximum atomic E-state index is 13.2. The summed E-state index contributed by atoms with van der Waals surface area (Å²) >= 11 is 6.04. The van der Waals surface area contributed by atoms with Gasteiger partial charge < -0.3 is 20.7 Å². The predicted molar refractivity (Wildman–Crippen MR) is 127 cm³/mol. The lowest BCUT2D eigenvalue weighted by molar-refractivity contribution is -0.139. The number of carbonyl (C=O) groups is 2. The fraction of sp³-hybridized carbons (Fsp3) is 0.417. The number of piperazine rings is 1. The number of hydrogen-bond acceptors (Lipinski definition) is 5. The number of benzene rings is 2. The Morgan fingerprint density at radius 3 is 2.55 bits per heavy atom. The third-order valence-electron chi connectivity index (χ3n) is 5.70. The number of nitrogens with one attached hydrogen (secondary N) is 1. The molecule has 0 aliphatic carbocycles. The SMILES string of the molecule is C[C@H](N)C(=O)Nc1cc(Cl)ccc1OCC(=O)N1C[C@H](C)N(Cc2ccc(F)cc2)C[C@H]1C. The van der Waals surface area contributed by atoms with Crippen LogP contribution < -0.4 is 15.8 Å². The molecular formula is C24H30ClFN4O3. The van der Waals surface area contributed by atoms with E-state index in [4.69, 9.17) is 22.1 Å². The summed E-state index contributed by atoms with van der Waals surface area (Å²) in [5, 5.41) is 3.10. The summed E-state index contributed by atoms with van der Waals surface area (Å²) in [6.07, 6.45) is 0. The lowest BCUT2D eigenvalue weighted by Crippen LogP contribution is -2.58. The fourth-order valence-corrected chi connectivity index (χ4v) is 3.96. The van der Waals surface area contributed by atoms with E-state index < -0.39 is 6.04 Å². The molecule has 1 aliphatic heterocycles. The van der Waals surface area contributed by atoms with Crippen molar-refractivity contribution in [2.45, 2.75) is 45.4 Å². The van der Waals surface area contributed by atoms with Crippen molar-refractivity contribution < 1.29 is 18.7 Å². The van der Waals surface area contributed by atoms with Gasteiger partial charge in [0.15, 0.2) is 6.61 Å². The van der Waals surface area contributed by atoms with Crippen LogP contribution in [0.15, 0.2) is 42.5 Å². The summed E-state index contributed by atoms with van der Waals surface area (Å²) in [5.41, 5.74) is 7.01. The second-order valence-electron chi connectivity index (χ2n) is 8.51. The van der Waals surface area contributed by atoms with E-state index in [1.165, 1.54) is 12.1 Å². The van der Waals surface area contributed by atoms with Crippen molar-refractivity contribution in [1.29, 1.82) is 0 Å². The van der Waals surface area contributed by atoms with Gasteiger partial charge in [0.2, 0.25) is 5.91 Å². The molecule has 0 radical (unpaired) electrons. The van der Waals surface area contributed by atoms with Gasteiger partial charge in [-0.1, -0.05) is 23.7 Å². The number of anilines is 1. The molecule has 0 unspecified atom stereocenters. The summed E-state index contributed by atoms with van der Waals surface area (Å²) in [4.78, 5) is 29.0. The average molecular weight is 477 g/mol. The minimum Gasteiger partial charge on any atom is -0.482 e. The third-order valence-corrected chi connectivity index (χ3v) is 5.93. The summed E-state index contributed by atoms with van der Waals surface area (Å²) in [6.45, 7) is 7.41. The number of nitrogens with two attached hydrogens (primary N) is 1.